The number of hydrogen-bond donors (Lipinski definition) is 2. The third-order valence-electron chi connectivity index (χ3n) is 3.41. The lowest BCUT2D eigenvalue weighted by molar-refractivity contribution is -0.133. The standard InChI is InChI=1S/C17H14ClN3O3S/c18-12-7-4-8-13(9-12)21-16(15(24)11-5-2-1-3-6-11)19-20-17(21)25-10-14(22)23/h1-9,15,24H,10H2,(H,22,23)/t15-/m1/s1. The minimum absolute atomic E-state index is 0.167. The van der Waals surface area contributed by atoms with E-state index in [1.165, 1.54) is 0 Å². The molecule has 0 saturated carbocycles. The number of hydrogen-bond acceptors (Lipinski definition) is 5. The van der Waals surface area contributed by atoms with Gasteiger partial charge in [-0.3, -0.25) is 9.36 Å². The van der Waals surface area contributed by atoms with E-state index in [0.29, 0.717) is 27.3 Å². The van der Waals surface area contributed by atoms with E-state index in [0.717, 1.165) is 11.8 Å². The van der Waals surface area contributed by atoms with E-state index in [9.17, 15) is 9.90 Å². The van der Waals surface area contributed by atoms with Crippen molar-refractivity contribution in [3.8, 4) is 5.69 Å². The Kier molecular flexibility index (Phi) is 5.37. The van der Waals surface area contributed by atoms with Gasteiger partial charge in [-0.2, -0.15) is 0 Å². The van der Waals surface area contributed by atoms with Crippen molar-refractivity contribution in [2.45, 2.75) is 11.3 Å². The maximum Gasteiger partial charge on any atom is 0.313 e. The Morgan fingerprint density at radius 1 is 1.16 bits per heavy atom. The molecule has 0 bridgehead atoms. The van der Waals surface area contributed by atoms with E-state index in [-0.39, 0.29) is 5.75 Å². The van der Waals surface area contributed by atoms with Crippen LogP contribution in [-0.4, -0.2) is 36.7 Å². The van der Waals surface area contributed by atoms with Crippen molar-refractivity contribution in [3.63, 3.8) is 0 Å². The summed E-state index contributed by atoms with van der Waals surface area (Å²) in [6, 6.07) is 16.0. The molecule has 2 aromatic carbocycles. The molecule has 0 radical (unpaired) electrons. The molecule has 0 fully saturated rings. The van der Waals surface area contributed by atoms with Gasteiger partial charge in [0.1, 0.15) is 6.10 Å². The molecular formula is C17H14ClN3O3S. The number of carboxylic acid groups (broad SMARTS) is 1. The highest BCUT2D eigenvalue weighted by atomic mass is 35.5. The fourth-order valence-electron chi connectivity index (χ4n) is 2.32. The van der Waals surface area contributed by atoms with Crippen LogP contribution in [0.2, 0.25) is 5.02 Å². The molecule has 6 nitrogen and oxygen atoms in total. The molecule has 0 aliphatic heterocycles. The lowest BCUT2D eigenvalue weighted by atomic mass is 10.1. The second kappa shape index (κ2) is 7.69. The summed E-state index contributed by atoms with van der Waals surface area (Å²) in [5, 5.41) is 28.7. The van der Waals surface area contributed by atoms with Gasteiger partial charge in [-0.25, -0.2) is 0 Å². The summed E-state index contributed by atoms with van der Waals surface area (Å²) in [4.78, 5) is 10.9. The smallest absolute Gasteiger partial charge is 0.313 e. The molecule has 2 N–H and O–H groups in total. The molecule has 0 aliphatic carbocycles. The number of benzene rings is 2. The van der Waals surface area contributed by atoms with Crippen LogP contribution in [-0.2, 0) is 4.79 Å². The molecule has 25 heavy (non-hydrogen) atoms. The van der Waals surface area contributed by atoms with Gasteiger partial charge in [0.15, 0.2) is 11.0 Å². The lowest BCUT2D eigenvalue weighted by Gasteiger charge is -2.14. The topological polar surface area (TPSA) is 88.2 Å². The van der Waals surface area contributed by atoms with Crippen LogP contribution >= 0.6 is 23.4 Å². The Labute approximate surface area is 153 Å². The Morgan fingerprint density at radius 2 is 1.92 bits per heavy atom. The summed E-state index contributed by atoms with van der Waals surface area (Å²) in [7, 11) is 0. The number of halogens is 1. The molecule has 3 aromatic rings. The number of rotatable bonds is 6. The Bertz CT molecular complexity index is 886. The average Bonchev–Trinajstić information content (AvgIpc) is 3.04. The van der Waals surface area contributed by atoms with E-state index in [1.807, 2.05) is 18.2 Å². The molecule has 0 amide bonds. The van der Waals surface area contributed by atoms with Crippen molar-refractivity contribution in [1.82, 2.24) is 14.8 Å². The van der Waals surface area contributed by atoms with E-state index in [2.05, 4.69) is 10.2 Å². The number of aliphatic carboxylic acids is 1. The molecule has 0 spiro atoms. The molecule has 0 aliphatic rings. The highest BCUT2D eigenvalue weighted by molar-refractivity contribution is 7.99. The summed E-state index contributed by atoms with van der Waals surface area (Å²) in [5.41, 5.74) is 1.31. The molecule has 1 aromatic heterocycles. The second-order valence-corrected chi connectivity index (χ2v) is 6.53. The van der Waals surface area contributed by atoms with Gasteiger partial charge >= 0.3 is 5.97 Å². The third-order valence-corrected chi connectivity index (χ3v) is 4.56. The predicted octanol–water partition coefficient (Wildman–Crippen LogP) is 3.18. The van der Waals surface area contributed by atoms with Crippen molar-refractivity contribution in [2.75, 3.05) is 5.75 Å². The molecule has 3 rings (SSSR count). The van der Waals surface area contributed by atoms with E-state index >= 15 is 0 Å². The van der Waals surface area contributed by atoms with Crippen molar-refractivity contribution >= 4 is 29.3 Å². The number of aliphatic hydroxyl groups excluding tert-OH is 1. The van der Waals surface area contributed by atoms with Gasteiger partial charge < -0.3 is 10.2 Å². The summed E-state index contributed by atoms with van der Waals surface area (Å²) in [6.07, 6.45) is -1.01. The summed E-state index contributed by atoms with van der Waals surface area (Å²) in [6.45, 7) is 0. The average molecular weight is 376 g/mol. The second-order valence-electron chi connectivity index (χ2n) is 5.15. The van der Waals surface area contributed by atoms with Gasteiger partial charge in [-0.15, -0.1) is 10.2 Å². The molecule has 0 unspecified atom stereocenters. The molecule has 128 valence electrons. The van der Waals surface area contributed by atoms with E-state index < -0.39 is 12.1 Å². The van der Waals surface area contributed by atoms with Gasteiger partial charge in [0.05, 0.1) is 11.4 Å². The van der Waals surface area contributed by atoms with Crippen LogP contribution in [0.3, 0.4) is 0 Å². The van der Waals surface area contributed by atoms with Crippen LogP contribution in [0.15, 0.2) is 59.8 Å². The SMILES string of the molecule is O=C(O)CSc1nnc([C@H](O)c2ccccc2)n1-c1cccc(Cl)c1. The van der Waals surface area contributed by atoms with Gasteiger partial charge in [-0.05, 0) is 23.8 Å². The Morgan fingerprint density at radius 3 is 2.60 bits per heavy atom. The zero-order chi connectivity index (χ0) is 17.8. The first-order valence-corrected chi connectivity index (χ1v) is 8.71. The van der Waals surface area contributed by atoms with Gasteiger partial charge in [-0.1, -0.05) is 59.8 Å². The monoisotopic (exact) mass is 375 g/mol. The first-order valence-electron chi connectivity index (χ1n) is 7.35. The van der Waals surface area contributed by atoms with Gasteiger partial charge in [0, 0.05) is 5.02 Å². The Hall–Kier alpha value is -2.35. The fraction of sp³-hybridized carbons (Fsp3) is 0.118. The zero-order valence-corrected chi connectivity index (χ0v) is 14.5. The maximum atomic E-state index is 10.9. The van der Waals surface area contributed by atoms with Crippen LogP contribution in [0, 0.1) is 0 Å². The summed E-state index contributed by atoms with van der Waals surface area (Å²) in [5.74, 6) is -0.836. The first-order chi connectivity index (χ1) is 12.1. The number of aliphatic hydroxyl groups is 1. The van der Waals surface area contributed by atoms with Crippen LogP contribution in [0.4, 0.5) is 0 Å². The zero-order valence-electron chi connectivity index (χ0n) is 12.9. The van der Waals surface area contributed by atoms with Gasteiger partial charge in [0.25, 0.3) is 0 Å². The van der Waals surface area contributed by atoms with Crippen molar-refractivity contribution < 1.29 is 15.0 Å². The normalized spacial score (nSPS) is 12.1. The van der Waals surface area contributed by atoms with Crippen LogP contribution in [0.5, 0.6) is 0 Å². The minimum atomic E-state index is -1.01. The highest BCUT2D eigenvalue weighted by Crippen LogP contribution is 2.29. The van der Waals surface area contributed by atoms with Crippen molar-refractivity contribution in [1.29, 1.82) is 0 Å². The molecule has 0 saturated heterocycles. The largest absolute Gasteiger partial charge is 0.481 e. The van der Waals surface area contributed by atoms with Gasteiger partial charge in [0.2, 0.25) is 0 Å². The van der Waals surface area contributed by atoms with Crippen molar-refractivity contribution in [2.24, 2.45) is 0 Å². The quantitative estimate of drug-likeness (QED) is 0.643. The van der Waals surface area contributed by atoms with Crippen molar-refractivity contribution in [3.05, 3.63) is 71.0 Å². The Balaban J connectivity index is 2.07. The van der Waals surface area contributed by atoms with Crippen LogP contribution in [0.25, 0.3) is 5.69 Å². The summed E-state index contributed by atoms with van der Waals surface area (Å²) < 4.78 is 1.62. The predicted molar refractivity (Wildman–Crippen MR) is 95.2 cm³/mol. The fourth-order valence-corrected chi connectivity index (χ4v) is 3.18. The minimum Gasteiger partial charge on any atom is -0.481 e. The molecule has 8 heteroatoms. The number of nitrogens with zero attached hydrogens (tertiary/aromatic N) is 3. The summed E-state index contributed by atoms with van der Waals surface area (Å²) >= 11 is 7.10. The number of thioether (sulfide) groups is 1. The van der Waals surface area contributed by atoms with Crippen LogP contribution in [0.1, 0.15) is 17.5 Å². The molecule has 1 atom stereocenters. The number of carbonyl (C=O) groups is 1. The third kappa shape index (κ3) is 4.01. The maximum absolute atomic E-state index is 10.9. The first kappa shape index (κ1) is 17.5. The van der Waals surface area contributed by atoms with Crippen LogP contribution < -0.4 is 0 Å². The number of carboxylic acids is 1. The number of aromatic nitrogens is 3. The molecule has 1 heterocycles. The van der Waals surface area contributed by atoms with E-state index in [1.54, 1.807) is 41.0 Å². The highest BCUT2D eigenvalue weighted by Gasteiger charge is 2.22. The van der Waals surface area contributed by atoms with E-state index in [4.69, 9.17) is 16.7 Å². The molecular weight excluding hydrogens is 362 g/mol. The lowest BCUT2D eigenvalue weighted by Crippen LogP contribution is -2.10.